The van der Waals surface area contributed by atoms with Crippen LogP contribution in [0.25, 0.3) is 0 Å². The van der Waals surface area contributed by atoms with Crippen molar-refractivity contribution in [3.05, 3.63) is 59.2 Å². The van der Waals surface area contributed by atoms with Gasteiger partial charge in [0.15, 0.2) is 11.6 Å². The van der Waals surface area contributed by atoms with Crippen molar-refractivity contribution in [3.63, 3.8) is 0 Å². The highest BCUT2D eigenvalue weighted by Crippen LogP contribution is 2.35. The number of nitrogens with one attached hydrogen (secondary N) is 1. The van der Waals surface area contributed by atoms with E-state index in [1.165, 1.54) is 6.07 Å². The average molecular weight is 291 g/mol. The molecular weight excluding hydrogens is 276 g/mol. The molecule has 0 aromatic heterocycles. The molecule has 0 aliphatic carbocycles. The minimum atomic E-state index is -0.870. The van der Waals surface area contributed by atoms with Crippen molar-refractivity contribution in [2.24, 2.45) is 0 Å². The second kappa shape index (κ2) is 5.69. The normalized spacial score (nSPS) is 16.4. The lowest BCUT2D eigenvalue weighted by atomic mass is 10.1. The second-order valence-electron chi connectivity index (χ2n) is 4.89. The SMILES string of the molecule is CNC1COc2cc(OCc3ccc(F)c(F)c3)ccc21. The number of hydrogen-bond acceptors (Lipinski definition) is 3. The summed E-state index contributed by atoms with van der Waals surface area (Å²) in [6.07, 6.45) is 0. The maximum Gasteiger partial charge on any atom is 0.159 e. The van der Waals surface area contributed by atoms with Gasteiger partial charge in [-0.25, -0.2) is 8.78 Å². The van der Waals surface area contributed by atoms with Gasteiger partial charge in [0.1, 0.15) is 24.7 Å². The summed E-state index contributed by atoms with van der Waals surface area (Å²) in [7, 11) is 1.89. The van der Waals surface area contributed by atoms with E-state index in [1.54, 1.807) is 0 Å². The van der Waals surface area contributed by atoms with Crippen LogP contribution in [0.3, 0.4) is 0 Å². The van der Waals surface area contributed by atoms with Crippen LogP contribution in [0.15, 0.2) is 36.4 Å². The molecule has 0 bridgehead atoms. The highest BCUT2D eigenvalue weighted by molar-refractivity contribution is 5.45. The van der Waals surface area contributed by atoms with Crippen LogP contribution < -0.4 is 14.8 Å². The van der Waals surface area contributed by atoms with Gasteiger partial charge in [-0.2, -0.15) is 0 Å². The Morgan fingerprint density at radius 2 is 2.05 bits per heavy atom. The minimum absolute atomic E-state index is 0.172. The van der Waals surface area contributed by atoms with Gasteiger partial charge in [-0.3, -0.25) is 0 Å². The maximum atomic E-state index is 13.1. The van der Waals surface area contributed by atoms with Crippen LogP contribution in [-0.4, -0.2) is 13.7 Å². The van der Waals surface area contributed by atoms with Crippen molar-refractivity contribution in [3.8, 4) is 11.5 Å². The molecule has 0 saturated carbocycles. The predicted octanol–water partition coefficient (Wildman–Crippen LogP) is 3.20. The first-order chi connectivity index (χ1) is 10.2. The molecule has 1 unspecified atom stereocenters. The molecule has 3 nitrogen and oxygen atoms in total. The third kappa shape index (κ3) is 2.83. The van der Waals surface area contributed by atoms with Gasteiger partial charge in [0.25, 0.3) is 0 Å². The van der Waals surface area contributed by atoms with Gasteiger partial charge in [-0.1, -0.05) is 6.07 Å². The third-order valence-electron chi connectivity index (χ3n) is 3.50. The van der Waals surface area contributed by atoms with E-state index in [4.69, 9.17) is 9.47 Å². The Balaban J connectivity index is 1.70. The first-order valence-electron chi connectivity index (χ1n) is 6.68. The molecule has 5 heteroatoms. The Bertz CT molecular complexity index is 661. The van der Waals surface area contributed by atoms with Crippen molar-refractivity contribution in [2.75, 3.05) is 13.7 Å². The van der Waals surface area contributed by atoms with Gasteiger partial charge in [-0.05, 0) is 36.9 Å². The molecule has 2 aromatic rings. The topological polar surface area (TPSA) is 30.5 Å². The van der Waals surface area contributed by atoms with Crippen molar-refractivity contribution in [1.82, 2.24) is 5.32 Å². The number of fused-ring (bicyclic) bond motifs is 1. The molecule has 0 spiro atoms. The zero-order valence-electron chi connectivity index (χ0n) is 11.5. The van der Waals surface area contributed by atoms with E-state index in [-0.39, 0.29) is 12.6 Å². The predicted molar refractivity (Wildman–Crippen MR) is 74.4 cm³/mol. The average Bonchev–Trinajstić information content (AvgIpc) is 2.90. The number of likely N-dealkylation sites (N-methyl/N-ethyl adjacent to an activating group) is 1. The highest BCUT2D eigenvalue weighted by atomic mass is 19.2. The molecule has 0 radical (unpaired) electrons. The van der Waals surface area contributed by atoms with Gasteiger partial charge in [0.2, 0.25) is 0 Å². The van der Waals surface area contributed by atoms with Crippen molar-refractivity contribution in [2.45, 2.75) is 12.6 Å². The molecule has 1 aliphatic heterocycles. The number of benzene rings is 2. The van der Waals surface area contributed by atoms with Crippen LogP contribution in [-0.2, 0) is 6.61 Å². The lowest BCUT2D eigenvalue weighted by Crippen LogP contribution is -2.17. The molecule has 1 N–H and O–H groups in total. The molecule has 1 atom stereocenters. The fourth-order valence-electron chi connectivity index (χ4n) is 2.32. The Labute approximate surface area is 121 Å². The first kappa shape index (κ1) is 13.8. The maximum absolute atomic E-state index is 13.1. The number of hydrogen-bond donors (Lipinski definition) is 1. The van der Waals surface area contributed by atoms with E-state index in [2.05, 4.69) is 5.32 Å². The molecule has 0 amide bonds. The van der Waals surface area contributed by atoms with Crippen LogP contribution in [0.2, 0.25) is 0 Å². The summed E-state index contributed by atoms with van der Waals surface area (Å²) in [6, 6.07) is 9.53. The largest absolute Gasteiger partial charge is 0.491 e. The summed E-state index contributed by atoms with van der Waals surface area (Å²) in [5.41, 5.74) is 1.67. The van der Waals surface area contributed by atoms with E-state index in [1.807, 2.05) is 25.2 Å². The van der Waals surface area contributed by atoms with Crippen molar-refractivity contribution < 1.29 is 18.3 Å². The smallest absolute Gasteiger partial charge is 0.159 e. The molecule has 21 heavy (non-hydrogen) atoms. The van der Waals surface area contributed by atoms with E-state index in [0.717, 1.165) is 23.4 Å². The fraction of sp³-hybridized carbons (Fsp3) is 0.250. The van der Waals surface area contributed by atoms with E-state index in [9.17, 15) is 8.78 Å². The van der Waals surface area contributed by atoms with Gasteiger partial charge in [0.05, 0.1) is 6.04 Å². The first-order valence-corrected chi connectivity index (χ1v) is 6.68. The summed E-state index contributed by atoms with van der Waals surface area (Å²) >= 11 is 0. The quantitative estimate of drug-likeness (QED) is 0.938. The summed E-state index contributed by atoms with van der Waals surface area (Å²) in [5.74, 6) is -0.305. The fourth-order valence-corrected chi connectivity index (χ4v) is 2.32. The monoisotopic (exact) mass is 291 g/mol. The second-order valence-corrected chi connectivity index (χ2v) is 4.89. The summed E-state index contributed by atoms with van der Waals surface area (Å²) < 4.78 is 37.1. The summed E-state index contributed by atoms with van der Waals surface area (Å²) in [4.78, 5) is 0. The Hall–Kier alpha value is -2.14. The van der Waals surface area contributed by atoms with Crippen LogP contribution in [0.1, 0.15) is 17.2 Å². The van der Waals surface area contributed by atoms with Gasteiger partial charge in [0, 0.05) is 11.6 Å². The lowest BCUT2D eigenvalue weighted by molar-refractivity contribution is 0.298. The Kier molecular flexibility index (Phi) is 3.75. The lowest BCUT2D eigenvalue weighted by Gasteiger charge is -2.09. The molecule has 1 aliphatic rings. The molecule has 110 valence electrons. The molecule has 3 rings (SSSR count). The zero-order valence-corrected chi connectivity index (χ0v) is 11.5. The van der Waals surface area contributed by atoms with Crippen LogP contribution >= 0.6 is 0 Å². The minimum Gasteiger partial charge on any atom is -0.491 e. The number of halogens is 2. The van der Waals surface area contributed by atoms with Gasteiger partial charge < -0.3 is 14.8 Å². The van der Waals surface area contributed by atoms with Crippen molar-refractivity contribution in [1.29, 1.82) is 0 Å². The zero-order chi connectivity index (χ0) is 14.8. The molecule has 1 heterocycles. The molecular formula is C16H15F2NO2. The summed E-state index contributed by atoms with van der Waals surface area (Å²) in [6.45, 7) is 0.768. The van der Waals surface area contributed by atoms with Crippen LogP contribution in [0.5, 0.6) is 11.5 Å². The Morgan fingerprint density at radius 3 is 2.81 bits per heavy atom. The third-order valence-corrected chi connectivity index (χ3v) is 3.50. The molecule has 2 aromatic carbocycles. The molecule has 0 saturated heterocycles. The molecule has 0 fully saturated rings. The van der Waals surface area contributed by atoms with Gasteiger partial charge >= 0.3 is 0 Å². The van der Waals surface area contributed by atoms with E-state index >= 15 is 0 Å². The van der Waals surface area contributed by atoms with E-state index < -0.39 is 11.6 Å². The van der Waals surface area contributed by atoms with Crippen LogP contribution in [0.4, 0.5) is 8.78 Å². The highest BCUT2D eigenvalue weighted by Gasteiger charge is 2.22. The standard InChI is InChI=1S/C16H15F2NO2/c1-19-15-9-21-16-7-11(3-4-12(15)16)20-8-10-2-5-13(17)14(18)6-10/h2-7,15,19H,8-9H2,1H3. The number of rotatable bonds is 4. The number of ether oxygens (including phenoxy) is 2. The van der Waals surface area contributed by atoms with Gasteiger partial charge in [-0.15, -0.1) is 0 Å². The van der Waals surface area contributed by atoms with Crippen LogP contribution in [0, 0.1) is 11.6 Å². The van der Waals surface area contributed by atoms with E-state index in [0.29, 0.717) is 17.9 Å². The Morgan fingerprint density at radius 1 is 1.19 bits per heavy atom. The summed E-state index contributed by atoms with van der Waals surface area (Å²) in [5, 5.41) is 3.17. The van der Waals surface area contributed by atoms with Crippen molar-refractivity contribution >= 4 is 0 Å².